The first-order valence-corrected chi connectivity index (χ1v) is 19.6. The summed E-state index contributed by atoms with van der Waals surface area (Å²) in [4.78, 5) is 11.9. The average Bonchev–Trinajstić information content (AvgIpc) is 3.59. The molecule has 3 heterocycles. The zero-order valence-electron chi connectivity index (χ0n) is 27.9. The Morgan fingerprint density at radius 2 is 1.91 bits per heavy atom. The third-order valence-electron chi connectivity index (χ3n) is 10.3. The number of fused-ring (bicyclic) bond motifs is 2. The number of nitrogens with one attached hydrogen (secondary N) is 1. The lowest BCUT2D eigenvalue weighted by Crippen LogP contribution is -2.44. The van der Waals surface area contributed by atoms with Gasteiger partial charge in [-0.1, -0.05) is 39.3 Å². The van der Waals surface area contributed by atoms with E-state index < -0.39 is 8.32 Å². The number of hydrogen-bond donors (Lipinski definition) is 1. The predicted molar refractivity (Wildman–Crippen MR) is 188 cm³/mol. The summed E-state index contributed by atoms with van der Waals surface area (Å²) < 4.78 is 14.5. The van der Waals surface area contributed by atoms with Gasteiger partial charge in [0.15, 0.2) is 8.32 Å². The van der Waals surface area contributed by atoms with E-state index in [1.54, 1.807) is 6.20 Å². The van der Waals surface area contributed by atoms with E-state index in [2.05, 4.69) is 85.0 Å². The number of nitrogens with zero attached hydrogens (tertiary/aromatic N) is 5. The lowest BCUT2D eigenvalue weighted by molar-refractivity contribution is 0.0365. The molecule has 2 aliphatic rings. The molecule has 2 aromatic carbocycles. The van der Waals surface area contributed by atoms with E-state index in [9.17, 15) is 5.26 Å². The van der Waals surface area contributed by atoms with Crippen molar-refractivity contribution in [1.29, 1.82) is 5.26 Å². The van der Waals surface area contributed by atoms with Crippen LogP contribution in [0, 0.1) is 11.3 Å². The highest BCUT2D eigenvalue weighted by Crippen LogP contribution is 2.45. The SMILES string of the molecule is CC1(CO[Si](C)(C)C(C)(C)C)CCc2c(C#N)cc(-c3ccnc(Nc4cc(Cl)cc5c4ccn5CCN4CCOCC4)n3)cc21. The van der Waals surface area contributed by atoms with E-state index in [0.717, 1.165) is 85.6 Å². The van der Waals surface area contributed by atoms with Crippen LogP contribution in [-0.2, 0) is 27.5 Å². The van der Waals surface area contributed by atoms with Crippen molar-refractivity contribution in [3.8, 4) is 17.3 Å². The second-order valence-corrected chi connectivity index (χ2v) is 19.8. The Hall–Kier alpha value is -3.26. The van der Waals surface area contributed by atoms with Crippen molar-refractivity contribution in [2.45, 2.75) is 70.6 Å². The van der Waals surface area contributed by atoms with Gasteiger partial charge in [-0.05, 0) is 78.5 Å². The Balaban J connectivity index is 1.26. The number of halogens is 1. The minimum atomic E-state index is -1.93. The fourth-order valence-corrected chi connectivity index (χ4v) is 7.63. The maximum absolute atomic E-state index is 10.2. The monoisotopic (exact) mass is 656 g/mol. The molecule has 1 N–H and O–H groups in total. The largest absolute Gasteiger partial charge is 0.416 e. The summed E-state index contributed by atoms with van der Waals surface area (Å²) in [6.07, 6.45) is 5.72. The molecule has 10 heteroatoms. The van der Waals surface area contributed by atoms with Crippen molar-refractivity contribution in [3.05, 3.63) is 70.5 Å². The maximum Gasteiger partial charge on any atom is 0.227 e. The van der Waals surface area contributed by atoms with Crippen molar-refractivity contribution >= 4 is 42.5 Å². The topological polar surface area (TPSA) is 88.2 Å². The molecular formula is C36H45ClN6O2Si. The van der Waals surface area contributed by atoms with E-state index in [1.165, 1.54) is 5.56 Å². The highest BCUT2D eigenvalue weighted by molar-refractivity contribution is 6.74. The molecule has 1 aliphatic heterocycles. The molecular weight excluding hydrogens is 612 g/mol. The van der Waals surface area contributed by atoms with Gasteiger partial charge in [0, 0.05) is 66.6 Å². The van der Waals surface area contributed by atoms with Crippen LogP contribution < -0.4 is 5.32 Å². The summed E-state index contributed by atoms with van der Waals surface area (Å²) >= 11 is 6.63. The molecule has 0 amide bonds. The van der Waals surface area contributed by atoms with E-state index in [-0.39, 0.29) is 10.5 Å². The molecule has 0 radical (unpaired) electrons. The number of hydrogen-bond acceptors (Lipinski definition) is 7. The van der Waals surface area contributed by atoms with E-state index in [4.69, 9.17) is 25.7 Å². The molecule has 0 spiro atoms. The highest BCUT2D eigenvalue weighted by Gasteiger charge is 2.42. The molecule has 4 aromatic rings. The van der Waals surface area contributed by atoms with Gasteiger partial charge in [-0.15, -0.1) is 0 Å². The lowest BCUT2D eigenvalue weighted by Gasteiger charge is -2.39. The molecule has 1 saturated heterocycles. The van der Waals surface area contributed by atoms with Crippen molar-refractivity contribution in [2.24, 2.45) is 0 Å². The van der Waals surface area contributed by atoms with Crippen LogP contribution in [0.5, 0.6) is 0 Å². The molecule has 1 fully saturated rings. The number of nitriles is 1. The number of ether oxygens (including phenoxy) is 1. The van der Waals surface area contributed by atoms with Gasteiger partial charge in [0.05, 0.1) is 41.7 Å². The van der Waals surface area contributed by atoms with Crippen LogP contribution in [0.3, 0.4) is 0 Å². The first kappa shape index (κ1) is 32.7. The second kappa shape index (κ2) is 12.7. The van der Waals surface area contributed by atoms with Crippen LogP contribution in [0.15, 0.2) is 48.8 Å². The van der Waals surface area contributed by atoms with Crippen LogP contribution in [-0.4, -0.2) is 67.2 Å². The van der Waals surface area contributed by atoms with Crippen molar-refractivity contribution in [1.82, 2.24) is 19.4 Å². The van der Waals surface area contributed by atoms with Gasteiger partial charge in [0.1, 0.15) is 0 Å². The first-order valence-electron chi connectivity index (χ1n) is 16.3. The van der Waals surface area contributed by atoms with E-state index in [0.29, 0.717) is 23.1 Å². The second-order valence-electron chi connectivity index (χ2n) is 14.5. The minimum absolute atomic E-state index is 0.134. The minimum Gasteiger partial charge on any atom is -0.416 e. The Labute approximate surface area is 278 Å². The normalized spacial score (nSPS) is 18.9. The molecule has 1 aliphatic carbocycles. The molecule has 0 saturated carbocycles. The van der Waals surface area contributed by atoms with Crippen molar-refractivity contribution in [3.63, 3.8) is 0 Å². The van der Waals surface area contributed by atoms with E-state index >= 15 is 0 Å². The van der Waals surface area contributed by atoms with Crippen LogP contribution in [0.25, 0.3) is 22.2 Å². The fraction of sp³-hybridized carbons (Fsp3) is 0.472. The smallest absolute Gasteiger partial charge is 0.227 e. The van der Waals surface area contributed by atoms with Gasteiger partial charge in [-0.3, -0.25) is 4.90 Å². The zero-order valence-corrected chi connectivity index (χ0v) is 29.7. The fourth-order valence-electron chi connectivity index (χ4n) is 6.30. The quantitative estimate of drug-likeness (QED) is 0.183. The lowest BCUT2D eigenvalue weighted by atomic mass is 9.83. The van der Waals surface area contributed by atoms with Gasteiger partial charge in [-0.2, -0.15) is 5.26 Å². The van der Waals surface area contributed by atoms with Crippen LogP contribution in [0.1, 0.15) is 50.8 Å². The van der Waals surface area contributed by atoms with Crippen LogP contribution in [0.2, 0.25) is 23.2 Å². The Bertz CT molecular complexity index is 1790. The summed E-state index contributed by atoms with van der Waals surface area (Å²) in [5.74, 6) is 0.477. The number of morpholine rings is 1. The molecule has 8 nitrogen and oxygen atoms in total. The third-order valence-corrected chi connectivity index (χ3v) is 15.0. The molecule has 242 valence electrons. The van der Waals surface area contributed by atoms with Gasteiger partial charge in [0.2, 0.25) is 5.95 Å². The van der Waals surface area contributed by atoms with Crippen LogP contribution in [0.4, 0.5) is 11.6 Å². The highest BCUT2D eigenvalue weighted by atomic mass is 35.5. The third kappa shape index (κ3) is 6.60. The predicted octanol–water partition coefficient (Wildman–Crippen LogP) is 7.92. The first-order chi connectivity index (χ1) is 21.9. The van der Waals surface area contributed by atoms with Gasteiger partial charge in [0.25, 0.3) is 0 Å². The summed E-state index contributed by atoms with van der Waals surface area (Å²) in [5, 5.41) is 15.4. The Morgan fingerprint density at radius 1 is 1.13 bits per heavy atom. The van der Waals surface area contributed by atoms with Gasteiger partial charge < -0.3 is 19.0 Å². The molecule has 6 rings (SSSR count). The van der Waals surface area contributed by atoms with Crippen molar-refractivity contribution < 1.29 is 9.16 Å². The van der Waals surface area contributed by atoms with Crippen LogP contribution >= 0.6 is 11.6 Å². The Morgan fingerprint density at radius 3 is 2.65 bits per heavy atom. The summed E-state index contributed by atoms with van der Waals surface area (Å²) in [6, 6.07) is 14.6. The Kier molecular flexibility index (Phi) is 9.05. The molecule has 1 unspecified atom stereocenters. The number of aromatic nitrogens is 3. The van der Waals surface area contributed by atoms with E-state index in [1.807, 2.05) is 24.3 Å². The number of rotatable bonds is 9. The molecule has 2 aromatic heterocycles. The van der Waals surface area contributed by atoms with Gasteiger partial charge in [-0.25, -0.2) is 9.97 Å². The average molecular weight is 657 g/mol. The zero-order chi connectivity index (χ0) is 32.7. The molecule has 46 heavy (non-hydrogen) atoms. The summed E-state index contributed by atoms with van der Waals surface area (Å²) in [7, 11) is -1.93. The molecule has 1 atom stereocenters. The standard InChI is InChI=1S/C36H45ClN6O2Si/c1-35(2,3)46(5,6)45-24-36(4)10-7-28-26(23-38)19-25(20-30(28)36)31-8-11-39-34(40-31)41-32-21-27(37)22-33-29(32)9-12-43(33)14-13-42-15-17-44-18-16-42/h8-9,11-12,19-22H,7,10,13-18,24H2,1-6H3,(H,39,40,41). The molecule has 0 bridgehead atoms. The number of anilines is 2. The van der Waals surface area contributed by atoms with Crippen molar-refractivity contribution in [2.75, 3.05) is 44.8 Å². The van der Waals surface area contributed by atoms with Gasteiger partial charge >= 0.3 is 0 Å². The maximum atomic E-state index is 10.2. The summed E-state index contributed by atoms with van der Waals surface area (Å²) in [6.45, 7) is 19.7. The number of benzene rings is 2. The summed E-state index contributed by atoms with van der Waals surface area (Å²) in [5.41, 5.74) is 6.48.